The van der Waals surface area contributed by atoms with Gasteiger partial charge in [0.15, 0.2) is 0 Å². The van der Waals surface area contributed by atoms with Crippen LogP contribution < -0.4 is 15.4 Å². The van der Waals surface area contributed by atoms with Crippen LogP contribution in [0, 0.1) is 6.92 Å². The quantitative estimate of drug-likeness (QED) is 0.725. The van der Waals surface area contributed by atoms with Crippen LogP contribution in [0.4, 0.5) is 4.79 Å². The maximum Gasteiger partial charge on any atom is 0.314 e. The molecule has 1 fully saturated rings. The van der Waals surface area contributed by atoms with Gasteiger partial charge >= 0.3 is 6.03 Å². The molecule has 0 aliphatic carbocycles. The van der Waals surface area contributed by atoms with Gasteiger partial charge in [0.05, 0.1) is 13.2 Å². The molecular weight excluding hydrogens is 358 g/mol. The predicted octanol–water partition coefficient (Wildman–Crippen LogP) is 3.74. The summed E-state index contributed by atoms with van der Waals surface area (Å²) in [6.07, 6.45) is 3.23. The van der Waals surface area contributed by atoms with Crippen LogP contribution in [0.25, 0.3) is 0 Å². The number of benzene rings is 1. The molecule has 1 aromatic heterocycles. The van der Waals surface area contributed by atoms with Crippen molar-refractivity contribution in [3.63, 3.8) is 0 Å². The van der Waals surface area contributed by atoms with Crippen molar-refractivity contribution in [1.82, 2.24) is 15.5 Å². The molecule has 0 bridgehead atoms. The minimum atomic E-state index is -0.109. The van der Waals surface area contributed by atoms with Crippen LogP contribution in [0.1, 0.15) is 34.9 Å². The van der Waals surface area contributed by atoms with E-state index in [4.69, 9.17) is 4.74 Å². The third kappa shape index (κ3) is 5.47. The molecule has 2 amide bonds. The molecular formula is C21H29N3O2S. The number of carbonyl (C=O) groups is 1. The van der Waals surface area contributed by atoms with Gasteiger partial charge in [0.25, 0.3) is 0 Å². The highest BCUT2D eigenvalue weighted by molar-refractivity contribution is 7.10. The normalized spacial score (nSPS) is 15.5. The molecule has 5 nitrogen and oxygen atoms in total. The fourth-order valence-corrected chi connectivity index (χ4v) is 4.47. The number of ether oxygens (including phenoxy) is 1. The van der Waals surface area contributed by atoms with E-state index < -0.39 is 0 Å². The van der Waals surface area contributed by atoms with E-state index in [1.165, 1.54) is 23.3 Å². The maximum atomic E-state index is 12.3. The first-order chi connectivity index (χ1) is 13.2. The molecule has 1 aromatic carbocycles. The molecule has 2 N–H and O–H groups in total. The summed E-state index contributed by atoms with van der Waals surface area (Å²) < 4.78 is 5.40. The number of rotatable bonds is 8. The molecule has 0 saturated carbocycles. The van der Waals surface area contributed by atoms with E-state index in [1.807, 2.05) is 12.1 Å². The molecule has 2 heterocycles. The number of likely N-dealkylation sites (tertiary alicyclic amines) is 1. The van der Waals surface area contributed by atoms with Crippen molar-refractivity contribution in [2.45, 2.75) is 32.2 Å². The summed E-state index contributed by atoms with van der Waals surface area (Å²) >= 11 is 1.76. The molecule has 2 aromatic rings. The van der Waals surface area contributed by atoms with Gasteiger partial charge in [-0.3, -0.25) is 4.90 Å². The first-order valence-electron chi connectivity index (χ1n) is 9.60. The number of hydrogen-bond donors (Lipinski definition) is 2. The SMILES string of the molecule is COc1ccc(C)cc1CCNC(=O)NCC(c1cccs1)N1CCCC1. The number of aryl methyl sites for hydroxylation is 1. The Morgan fingerprint density at radius 2 is 2.07 bits per heavy atom. The zero-order valence-electron chi connectivity index (χ0n) is 16.2. The number of hydrogen-bond acceptors (Lipinski definition) is 4. The first-order valence-corrected chi connectivity index (χ1v) is 10.5. The lowest BCUT2D eigenvalue weighted by molar-refractivity contribution is 0.222. The van der Waals surface area contributed by atoms with Crippen molar-refractivity contribution in [3.8, 4) is 5.75 Å². The van der Waals surface area contributed by atoms with Crippen LogP contribution in [0.3, 0.4) is 0 Å². The summed E-state index contributed by atoms with van der Waals surface area (Å²) in [7, 11) is 1.68. The molecule has 27 heavy (non-hydrogen) atoms. The van der Waals surface area contributed by atoms with Gasteiger partial charge in [-0.05, 0) is 62.4 Å². The Labute approximate surface area is 165 Å². The molecule has 3 rings (SSSR count). The zero-order chi connectivity index (χ0) is 19.1. The highest BCUT2D eigenvalue weighted by Gasteiger charge is 2.24. The smallest absolute Gasteiger partial charge is 0.314 e. The van der Waals surface area contributed by atoms with E-state index >= 15 is 0 Å². The fraction of sp³-hybridized carbons (Fsp3) is 0.476. The molecule has 0 radical (unpaired) electrons. The van der Waals surface area contributed by atoms with E-state index in [-0.39, 0.29) is 12.1 Å². The summed E-state index contributed by atoms with van der Waals surface area (Å²) in [5, 5.41) is 8.14. The molecule has 1 aliphatic heterocycles. The number of nitrogens with zero attached hydrogens (tertiary/aromatic N) is 1. The summed E-state index contributed by atoms with van der Waals surface area (Å²) in [6, 6.07) is 10.5. The van der Waals surface area contributed by atoms with Crippen LogP contribution in [0.2, 0.25) is 0 Å². The van der Waals surface area contributed by atoms with Crippen molar-refractivity contribution in [1.29, 1.82) is 0 Å². The molecule has 146 valence electrons. The van der Waals surface area contributed by atoms with Crippen molar-refractivity contribution in [2.75, 3.05) is 33.3 Å². The van der Waals surface area contributed by atoms with Crippen molar-refractivity contribution in [3.05, 3.63) is 51.7 Å². The van der Waals surface area contributed by atoms with E-state index in [1.54, 1.807) is 18.4 Å². The Bertz CT molecular complexity index is 727. The van der Waals surface area contributed by atoms with Crippen LogP contribution >= 0.6 is 11.3 Å². The van der Waals surface area contributed by atoms with E-state index in [0.29, 0.717) is 13.1 Å². The van der Waals surface area contributed by atoms with E-state index in [0.717, 1.165) is 30.8 Å². The Kier molecular flexibility index (Phi) is 7.12. The molecule has 1 unspecified atom stereocenters. The monoisotopic (exact) mass is 387 g/mol. The largest absolute Gasteiger partial charge is 0.496 e. The van der Waals surface area contributed by atoms with Crippen LogP contribution in [-0.4, -0.2) is 44.2 Å². The fourth-order valence-electron chi connectivity index (χ4n) is 3.61. The van der Waals surface area contributed by atoms with Crippen LogP contribution in [0.5, 0.6) is 5.75 Å². The maximum absolute atomic E-state index is 12.3. The Hall–Kier alpha value is -2.05. The lowest BCUT2D eigenvalue weighted by Gasteiger charge is -2.27. The number of nitrogens with one attached hydrogen (secondary N) is 2. The third-order valence-corrected chi connectivity index (χ3v) is 6.00. The average Bonchev–Trinajstić information content (AvgIpc) is 3.37. The summed E-state index contributed by atoms with van der Waals surface area (Å²) in [4.78, 5) is 16.1. The Morgan fingerprint density at radius 1 is 1.26 bits per heavy atom. The second kappa shape index (κ2) is 9.76. The number of amides is 2. The average molecular weight is 388 g/mol. The summed E-state index contributed by atoms with van der Waals surface area (Å²) in [6.45, 7) is 5.50. The third-order valence-electron chi connectivity index (χ3n) is 5.02. The minimum Gasteiger partial charge on any atom is -0.496 e. The number of thiophene rings is 1. The minimum absolute atomic E-state index is 0.109. The highest BCUT2D eigenvalue weighted by atomic mass is 32.1. The van der Waals surface area contributed by atoms with Gasteiger partial charge in [0, 0.05) is 18.0 Å². The standard InChI is InChI=1S/C21H29N3O2S/c1-16-7-8-19(26-2)17(14-16)9-10-22-21(25)23-15-18(20-6-5-13-27-20)24-11-3-4-12-24/h5-8,13-14,18H,3-4,9-12,15H2,1-2H3,(H2,22,23,25). The summed E-state index contributed by atoms with van der Waals surface area (Å²) in [5.74, 6) is 0.870. The second-order valence-electron chi connectivity index (χ2n) is 6.98. The van der Waals surface area contributed by atoms with Gasteiger partial charge in [-0.2, -0.15) is 0 Å². The lowest BCUT2D eigenvalue weighted by Crippen LogP contribution is -2.42. The zero-order valence-corrected chi connectivity index (χ0v) is 17.0. The molecule has 1 saturated heterocycles. The van der Waals surface area contributed by atoms with Crippen molar-refractivity contribution < 1.29 is 9.53 Å². The lowest BCUT2D eigenvalue weighted by atomic mass is 10.1. The van der Waals surface area contributed by atoms with Crippen molar-refractivity contribution in [2.24, 2.45) is 0 Å². The Balaban J connectivity index is 1.48. The van der Waals surface area contributed by atoms with Gasteiger partial charge in [-0.25, -0.2) is 4.79 Å². The van der Waals surface area contributed by atoms with Gasteiger partial charge in [0.1, 0.15) is 5.75 Å². The van der Waals surface area contributed by atoms with E-state index in [9.17, 15) is 4.79 Å². The molecule has 6 heteroatoms. The van der Waals surface area contributed by atoms with Gasteiger partial charge in [-0.1, -0.05) is 23.8 Å². The van der Waals surface area contributed by atoms with E-state index in [2.05, 4.69) is 46.0 Å². The molecule has 1 aliphatic rings. The second-order valence-corrected chi connectivity index (χ2v) is 7.96. The number of methoxy groups -OCH3 is 1. The number of carbonyl (C=O) groups excluding carboxylic acids is 1. The van der Waals surface area contributed by atoms with Crippen molar-refractivity contribution >= 4 is 17.4 Å². The highest BCUT2D eigenvalue weighted by Crippen LogP contribution is 2.27. The van der Waals surface area contributed by atoms with Gasteiger partial charge < -0.3 is 15.4 Å². The molecule has 0 spiro atoms. The predicted molar refractivity (Wildman–Crippen MR) is 111 cm³/mol. The molecule has 1 atom stereocenters. The topological polar surface area (TPSA) is 53.6 Å². The van der Waals surface area contributed by atoms with Crippen LogP contribution in [-0.2, 0) is 6.42 Å². The number of urea groups is 1. The van der Waals surface area contributed by atoms with Crippen LogP contribution in [0.15, 0.2) is 35.7 Å². The first kappa shape index (κ1) is 19.7. The van der Waals surface area contributed by atoms with Gasteiger partial charge in [-0.15, -0.1) is 11.3 Å². The summed E-state index contributed by atoms with van der Waals surface area (Å²) in [5.41, 5.74) is 2.31. The van der Waals surface area contributed by atoms with Gasteiger partial charge in [0.2, 0.25) is 0 Å². The Morgan fingerprint density at radius 3 is 2.78 bits per heavy atom.